The van der Waals surface area contributed by atoms with Crippen LogP contribution in [0, 0.1) is 0 Å². The van der Waals surface area contributed by atoms with E-state index >= 15 is 0 Å². The van der Waals surface area contributed by atoms with Gasteiger partial charge in [0, 0.05) is 11.1 Å². The van der Waals surface area contributed by atoms with Crippen molar-refractivity contribution in [3.05, 3.63) is 107 Å². The lowest BCUT2D eigenvalue weighted by molar-refractivity contribution is 0.111. The Kier molecular flexibility index (Phi) is 8.39. The average Bonchev–Trinajstić information content (AvgIpc) is 2.96. The molecule has 4 aromatic carbocycles. The van der Waals surface area contributed by atoms with Crippen LogP contribution in [0.5, 0.6) is 34.5 Å². The summed E-state index contributed by atoms with van der Waals surface area (Å²) in [6.45, 7) is 0.476. The zero-order valence-electron chi connectivity index (χ0n) is 20.5. The van der Waals surface area contributed by atoms with Gasteiger partial charge < -0.3 is 23.7 Å². The van der Waals surface area contributed by atoms with Crippen LogP contribution in [-0.4, -0.2) is 26.8 Å². The van der Waals surface area contributed by atoms with E-state index in [2.05, 4.69) is 0 Å². The molecule has 0 unspecified atom stereocenters. The summed E-state index contributed by atoms with van der Waals surface area (Å²) >= 11 is 0. The minimum Gasteiger partial charge on any atom is -0.493 e. The predicted molar refractivity (Wildman–Crippen MR) is 138 cm³/mol. The average molecular weight is 499 g/mol. The van der Waals surface area contributed by atoms with Crippen molar-refractivity contribution in [2.45, 2.75) is 13.2 Å². The molecule has 0 heterocycles. The number of ether oxygens (including phenoxy) is 5. The van der Waals surface area contributed by atoms with Crippen LogP contribution >= 0.6 is 0 Å². The van der Waals surface area contributed by atoms with Crippen LogP contribution in [0.3, 0.4) is 0 Å². The fraction of sp³-hybridized carbons (Fsp3) is 0.133. The first-order valence-electron chi connectivity index (χ1n) is 11.5. The van der Waals surface area contributed by atoms with Gasteiger partial charge in [-0.15, -0.1) is 0 Å². The summed E-state index contributed by atoms with van der Waals surface area (Å²) in [5, 5.41) is 0. The minimum atomic E-state index is 0.221. The Labute approximate surface area is 215 Å². The third-order valence-electron chi connectivity index (χ3n) is 5.47. The van der Waals surface area contributed by atoms with E-state index in [4.69, 9.17) is 23.7 Å². The number of methoxy groups -OCH3 is 2. The van der Waals surface area contributed by atoms with E-state index in [0.717, 1.165) is 11.1 Å². The highest BCUT2D eigenvalue weighted by molar-refractivity contribution is 5.80. The third kappa shape index (κ3) is 6.27. The summed E-state index contributed by atoms with van der Waals surface area (Å²) in [5.74, 6) is 1.63. The first-order chi connectivity index (χ1) is 18.1. The lowest BCUT2D eigenvalue weighted by Gasteiger charge is -2.20. The van der Waals surface area contributed by atoms with Gasteiger partial charge in [-0.3, -0.25) is 9.59 Å². The van der Waals surface area contributed by atoms with Crippen LogP contribution in [0.2, 0.25) is 0 Å². The maximum atomic E-state index is 11.7. The van der Waals surface area contributed by atoms with Crippen molar-refractivity contribution < 1.29 is 33.3 Å². The van der Waals surface area contributed by atoms with Gasteiger partial charge in [0.15, 0.2) is 23.0 Å². The lowest BCUT2D eigenvalue weighted by Crippen LogP contribution is -2.03. The largest absolute Gasteiger partial charge is 0.493 e. The number of hydrogen-bond acceptors (Lipinski definition) is 7. The molecule has 0 fully saturated rings. The molecule has 0 aliphatic rings. The standard InChI is InChI=1S/C30H26O7/c1-33-25-13-24(18-32)16-28(29(25)36-20-22-11-7-4-8-12-22)37-30-26(34-2)14-23(17-31)15-27(30)35-19-21-9-5-3-6-10-21/h3-18H,19-20H2,1-2H3. The second-order valence-corrected chi connectivity index (χ2v) is 7.99. The Morgan fingerprint density at radius 3 is 1.54 bits per heavy atom. The van der Waals surface area contributed by atoms with Gasteiger partial charge in [-0.1, -0.05) is 60.7 Å². The van der Waals surface area contributed by atoms with Crippen LogP contribution in [0.25, 0.3) is 0 Å². The normalized spacial score (nSPS) is 10.3. The molecular weight excluding hydrogens is 472 g/mol. The number of carbonyl (C=O) groups is 2. The fourth-order valence-electron chi connectivity index (χ4n) is 3.63. The molecule has 0 radical (unpaired) electrons. The maximum Gasteiger partial charge on any atom is 0.211 e. The van der Waals surface area contributed by atoms with Crippen LogP contribution in [0.4, 0.5) is 0 Å². The molecule has 0 amide bonds. The van der Waals surface area contributed by atoms with Gasteiger partial charge in [0.2, 0.25) is 11.5 Å². The van der Waals surface area contributed by atoms with E-state index in [1.54, 1.807) is 24.3 Å². The molecule has 0 aromatic heterocycles. The molecule has 4 rings (SSSR count). The van der Waals surface area contributed by atoms with Gasteiger partial charge in [-0.2, -0.15) is 0 Å². The highest BCUT2D eigenvalue weighted by atomic mass is 16.6. The van der Waals surface area contributed by atoms with Gasteiger partial charge in [0.25, 0.3) is 0 Å². The molecule has 0 bridgehead atoms. The fourth-order valence-corrected chi connectivity index (χ4v) is 3.63. The number of hydrogen-bond donors (Lipinski definition) is 0. The highest BCUT2D eigenvalue weighted by Gasteiger charge is 2.21. The molecule has 7 nitrogen and oxygen atoms in total. The molecule has 0 atom stereocenters. The van der Waals surface area contributed by atoms with Crippen molar-refractivity contribution in [3.63, 3.8) is 0 Å². The number of carbonyl (C=O) groups excluding carboxylic acids is 2. The van der Waals surface area contributed by atoms with E-state index < -0.39 is 0 Å². The van der Waals surface area contributed by atoms with E-state index in [1.807, 2.05) is 60.7 Å². The van der Waals surface area contributed by atoms with Crippen molar-refractivity contribution in [3.8, 4) is 34.5 Å². The Balaban J connectivity index is 1.75. The van der Waals surface area contributed by atoms with Crippen LogP contribution in [0.1, 0.15) is 31.8 Å². The van der Waals surface area contributed by atoms with Gasteiger partial charge in [-0.05, 0) is 35.4 Å². The first-order valence-corrected chi connectivity index (χ1v) is 11.5. The zero-order valence-corrected chi connectivity index (χ0v) is 20.5. The molecule has 0 saturated heterocycles. The Morgan fingerprint density at radius 1 is 0.568 bits per heavy atom. The third-order valence-corrected chi connectivity index (χ3v) is 5.47. The Hall–Kier alpha value is -4.78. The molecular formula is C30H26O7. The second kappa shape index (κ2) is 12.3. The van der Waals surface area contributed by atoms with E-state index in [-0.39, 0.29) is 36.2 Å². The molecule has 4 aromatic rings. The summed E-state index contributed by atoms with van der Waals surface area (Å²) in [4.78, 5) is 23.2. The minimum absolute atomic E-state index is 0.221. The zero-order chi connectivity index (χ0) is 26.0. The van der Waals surface area contributed by atoms with Crippen molar-refractivity contribution in [2.24, 2.45) is 0 Å². The van der Waals surface area contributed by atoms with Crippen molar-refractivity contribution in [2.75, 3.05) is 14.2 Å². The number of aldehydes is 2. The van der Waals surface area contributed by atoms with Crippen LogP contribution in [0.15, 0.2) is 84.9 Å². The summed E-state index contributed by atoms with van der Waals surface area (Å²) in [6.07, 6.45) is 1.39. The second-order valence-electron chi connectivity index (χ2n) is 7.99. The lowest BCUT2D eigenvalue weighted by atomic mass is 10.1. The molecule has 0 spiro atoms. The molecule has 7 heteroatoms. The van der Waals surface area contributed by atoms with E-state index in [9.17, 15) is 9.59 Å². The predicted octanol–water partition coefficient (Wildman–Crippen LogP) is 6.28. The quantitative estimate of drug-likeness (QED) is 0.213. The van der Waals surface area contributed by atoms with Gasteiger partial charge in [0.1, 0.15) is 25.8 Å². The van der Waals surface area contributed by atoms with Crippen LogP contribution in [-0.2, 0) is 13.2 Å². The first kappa shape index (κ1) is 25.3. The smallest absolute Gasteiger partial charge is 0.211 e. The summed E-state index contributed by atoms with van der Waals surface area (Å²) < 4.78 is 29.5. The van der Waals surface area contributed by atoms with E-state index in [1.165, 1.54) is 14.2 Å². The molecule has 0 saturated carbocycles. The molecule has 0 aliphatic carbocycles. The van der Waals surface area contributed by atoms with Crippen molar-refractivity contribution in [1.29, 1.82) is 0 Å². The van der Waals surface area contributed by atoms with Gasteiger partial charge >= 0.3 is 0 Å². The topological polar surface area (TPSA) is 80.3 Å². The monoisotopic (exact) mass is 498 g/mol. The van der Waals surface area contributed by atoms with Gasteiger partial charge in [-0.25, -0.2) is 0 Å². The van der Waals surface area contributed by atoms with Crippen LogP contribution < -0.4 is 23.7 Å². The summed E-state index contributed by atoms with van der Waals surface area (Å²) in [7, 11) is 2.95. The summed E-state index contributed by atoms with van der Waals surface area (Å²) in [5.41, 5.74) is 2.55. The van der Waals surface area contributed by atoms with Crippen molar-refractivity contribution >= 4 is 12.6 Å². The maximum absolute atomic E-state index is 11.7. The highest BCUT2D eigenvalue weighted by Crippen LogP contribution is 2.47. The molecule has 0 aliphatic heterocycles. The molecule has 188 valence electrons. The molecule has 37 heavy (non-hydrogen) atoms. The van der Waals surface area contributed by atoms with E-state index in [0.29, 0.717) is 35.2 Å². The number of rotatable bonds is 12. The van der Waals surface area contributed by atoms with Crippen molar-refractivity contribution in [1.82, 2.24) is 0 Å². The van der Waals surface area contributed by atoms with Gasteiger partial charge in [0.05, 0.1) is 14.2 Å². The molecule has 0 N–H and O–H groups in total. The number of benzene rings is 4. The SMILES string of the molecule is COc1cc(C=O)cc(Oc2c(OC)cc(C=O)cc2OCc2ccccc2)c1OCc1ccccc1. The summed E-state index contributed by atoms with van der Waals surface area (Å²) in [6, 6.07) is 25.4. The Morgan fingerprint density at radius 2 is 1.03 bits per heavy atom. The Bertz CT molecular complexity index is 1350.